The topological polar surface area (TPSA) is 37.8 Å². The van der Waals surface area contributed by atoms with Crippen LogP contribution >= 0.6 is 0 Å². The van der Waals surface area contributed by atoms with Crippen LogP contribution in [0.2, 0.25) is 0 Å². The van der Waals surface area contributed by atoms with Gasteiger partial charge >= 0.3 is 0 Å². The molecule has 0 amide bonds. The molecule has 0 aliphatic carbocycles. The van der Waals surface area contributed by atoms with Gasteiger partial charge in [0, 0.05) is 23.6 Å². The molecule has 3 nitrogen and oxygen atoms in total. The predicted molar refractivity (Wildman–Crippen MR) is 128 cm³/mol. The molecule has 1 heterocycles. The van der Waals surface area contributed by atoms with Gasteiger partial charge in [-0.25, -0.2) is 18.7 Å². The fourth-order valence-electron chi connectivity index (χ4n) is 3.09. The Kier molecular flexibility index (Phi) is 8.62. The lowest BCUT2D eigenvalue weighted by Crippen LogP contribution is -2.03. The quantitative estimate of drug-likeness (QED) is 0.434. The fraction of sp³-hybridized carbons (Fsp3) is 0.231. The minimum atomic E-state index is -0.875. The second-order valence-corrected chi connectivity index (χ2v) is 6.94. The summed E-state index contributed by atoms with van der Waals surface area (Å²) in [5.41, 5.74) is 2.98. The maximum atomic E-state index is 14.4. The van der Waals surface area contributed by atoms with Crippen molar-refractivity contribution in [3.63, 3.8) is 0 Å². The van der Waals surface area contributed by atoms with Gasteiger partial charge < -0.3 is 5.32 Å². The van der Waals surface area contributed by atoms with Crippen LogP contribution in [0.5, 0.6) is 0 Å². The van der Waals surface area contributed by atoms with E-state index in [-0.39, 0.29) is 5.56 Å². The van der Waals surface area contributed by atoms with E-state index in [1.54, 1.807) is 25.3 Å². The molecule has 0 unspecified atom stereocenters. The molecule has 3 rings (SSSR count). The van der Waals surface area contributed by atoms with Crippen molar-refractivity contribution in [1.82, 2.24) is 9.97 Å². The van der Waals surface area contributed by atoms with Crippen LogP contribution in [-0.2, 0) is 0 Å². The molecule has 1 N–H and O–H groups in total. The van der Waals surface area contributed by atoms with Crippen molar-refractivity contribution in [2.75, 3.05) is 12.4 Å². The summed E-state index contributed by atoms with van der Waals surface area (Å²) >= 11 is 0. The summed E-state index contributed by atoms with van der Waals surface area (Å²) in [5, 5.41) is 3.89. The summed E-state index contributed by atoms with van der Waals surface area (Å²) in [6.45, 7) is 11.9. The van der Waals surface area contributed by atoms with Crippen molar-refractivity contribution < 1.29 is 8.78 Å². The van der Waals surface area contributed by atoms with E-state index in [0.29, 0.717) is 22.7 Å². The smallest absolute Gasteiger partial charge is 0.166 e. The summed E-state index contributed by atoms with van der Waals surface area (Å²) in [6, 6.07) is 7.76. The largest absolute Gasteiger partial charge is 0.373 e. The third-order valence-electron chi connectivity index (χ3n) is 4.55. The number of hydrogen-bond acceptors (Lipinski definition) is 3. The molecule has 5 heteroatoms. The van der Waals surface area contributed by atoms with Gasteiger partial charge in [-0.3, -0.25) is 0 Å². The second-order valence-electron chi connectivity index (χ2n) is 6.94. The summed E-state index contributed by atoms with van der Waals surface area (Å²) in [6.07, 6.45) is 8.60. The van der Waals surface area contributed by atoms with Crippen molar-refractivity contribution in [1.29, 1.82) is 0 Å². The first-order chi connectivity index (χ1) is 14.9. The highest BCUT2D eigenvalue weighted by Gasteiger charge is 2.17. The highest BCUT2D eigenvalue weighted by molar-refractivity contribution is 5.96. The highest BCUT2D eigenvalue weighted by Crippen LogP contribution is 2.34. The van der Waals surface area contributed by atoms with Crippen molar-refractivity contribution in [2.24, 2.45) is 0 Å². The number of allylic oxidation sites excluding steroid dienone is 5. The monoisotopic (exact) mass is 421 g/mol. The Morgan fingerprint density at radius 1 is 1.10 bits per heavy atom. The van der Waals surface area contributed by atoms with Crippen LogP contribution in [0.1, 0.15) is 38.6 Å². The molecule has 31 heavy (non-hydrogen) atoms. The first-order valence-electron chi connectivity index (χ1n) is 10.3. The van der Waals surface area contributed by atoms with Crippen molar-refractivity contribution >= 4 is 22.3 Å². The fourth-order valence-corrected chi connectivity index (χ4v) is 3.09. The Balaban J connectivity index is 0.00000107. The minimum absolute atomic E-state index is 0.207. The van der Waals surface area contributed by atoms with Gasteiger partial charge in [-0.15, -0.1) is 0 Å². The third-order valence-corrected chi connectivity index (χ3v) is 4.55. The molecule has 0 aliphatic heterocycles. The van der Waals surface area contributed by atoms with Crippen LogP contribution < -0.4 is 5.32 Å². The molecule has 162 valence electrons. The van der Waals surface area contributed by atoms with E-state index in [4.69, 9.17) is 4.98 Å². The number of aryl methyl sites for hydroxylation is 1. The molecular formula is C26H29F2N3. The van der Waals surface area contributed by atoms with E-state index in [1.807, 2.05) is 38.1 Å². The van der Waals surface area contributed by atoms with Gasteiger partial charge in [0.1, 0.15) is 5.82 Å². The van der Waals surface area contributed by atoms with E-state index in [0.717, 1.165) is 22.6 Å². The average molecular weight is 422 g/mol. The van der Waals surface area contributed by atoms with Gasteiger partial charge in [0.05, 0.1) is 5.52 Å². The van der Waals surface area contributed by atoms with Crippen LogP contribution in [0, 0.1) is 18.6 Å². The number of nitrogens with zero attached hydrogens (tertiary/aromatic N) is 2. The maximum Gasteiger partial charge on any atom is 0.166 e. The zero-order chi connectivity index (χ0) is 23.0. The Morgan fingerprint density at radius 2 is 1.81 bits per heavy atom. The summed E-state index contributed by atoms with van der Waals surface area (Å²) in [4.78, 5) is 9.29. The van der Waals surface area contributed by atoms with Gasteiger partial charge in [-0.1, -0.05) is 69.4 Å². The van der Waals surface area contributed by atoms with Crippen molar-refractivity contribution in [3.05, 3.63) is 84.2 Å². The number of hydrogen-bond donors (Lipinski definition) is 1. The van der Waals surface area contributed by atoms with E-state index in [2.05, 4.69) is 30.7 Å². The SMILES string of the molecule is C=C/C(=C\C=C/C)c1nc(NC)c2ccc(-c3cccc(F)c3F)c(C)c2n1.CCC. The number of fused-ring (bicyclic) bond motifs is 1. The molecule has 0 radical (unpaired) electrons. The Bertz CT molecular complexity index is 1130. The Morgan fingerprint density at radius 3 is 2.42 bits per heavy atom. The molecular weight excluding hydrogens is 392 g/mol. The molecule has 0 fully saturated rings. The molecule has 2 aromatic carbocycles. The van der Waals surface area contributed by atoms with Gasteiger partial charge in [-0.05, 0) is 37.1 Å². The molecule has 1 aromatic heterocycles. The minimum Gasteiger partial charge on any atom is -0.373 e. The molecule has 0 bridgehead atoms. The number of rotatable bonds is 5. The van der Waals surface area contributed by atoms with Gasteiger partial charge in [-0.2, -0.15) is 0 Å². The predicted octanol–water partition coefficient (Wildman–Crippen LogP) is 7.49. The first-order valence-corrected chi connectivity index (χ1v) is 10.3. The number of halogens is 2. The number of aromatic nitrogens is 2. The normalized spacial score (nSPS) is 11.4. The zero-order valence-electron chi connectivity index (χ0n) is 18.8. The zero-order valence-corrected chi connectivity index (χ0v) is 18.8. The van der Waals surface area contributed by atoms with Crippen LogP contribution in [0.3, 0.4) is 0 Å². The maximum absolute atomic E-state index is 14.4. The second kappa shape index (κ2) is 11.2. The van der Waals surface area contributed by atoms with Crippen molar-refractivity contribution in [3.8, 4) is 11.1 Å². The highest BCUT2D eigenvalue weighted by atomic mass is 19.2. The first kappa shape index (κ1) is 23.9. The van der Waals surface area contributed by atoms with Crippen LogP contribution in [0.4, 0.5) is 14.6 Å². The Labute approximate surface area is 183 Å². The summed E-state index contributed by atoms with van der Waals surface area (Å²) in [5.74, 6) is -0.583. The average Bonchev–Trinajstić information content (AvgIpc) is 2.77. The van der Waals surface area contributed by atoms with Gasteiger partial charge in [0.25, 0.3) is 0 Å². The number of nitrogens with one attached hydrogen (secondary N) is 1. The molecule has 0 saturated carbocycles. The number of benzene rings is 2. The van der Waals surface area contributed by atoms with Crippen LogP contribution in [-0.4, -0.2) is 17.0 Å². The summed E-state index contributed by atoms with van der Waals surface area (Å²) < 4.78 is 28.1. The van der Waals surface area contributed by atoms with E-state index in [1.165, 1.54) is 12.5 Å². The van der Waals surface area contributed by atoms with E-state index < -0.39 is 11.6 Å². The van der Waals surface area contributed by atoms with Crippen LogP contribution in [0.15, 0.2) is 61.2 Å². The van der Waals surface area contributed by atoms with Gasteiger partial charge in [0.2, 0.25) is 0 Å². The molecule has 3 aromatic rings. The van der Waals surface area contributed by atoms with E-state index in [9.17, 15) is 8.78 Å². The Hall–Kier alpha value is -3.34. The summed E-state index contributed by atoms with van der Waals surface area (Å²) in [7, 11) is 1.78. The standard InChI is InChI=1S/C23H21F2N3.C3H8/c1-5-7-9-15(6-2)22-27-21-14(3)16(12-13-18(21)23(26-4)28-22)17-10-8-11-19(24)20(17)25;1-3-2/h5-13H,2H2,1,3-4H3,(H,26,27,28);3H2,1-2H3/b7-5-,15-9+;. The lowest BCUT2D eigenvalue weighted by molar-refractivity contribution is 0.511. The third kappa shape index (κ3) is 5.23. The lowest BCUT2D eigenvalue weighted by Gasteiger charge is -2.14. The van der Waals surface area contributed by atoms with Crippen LogP contribution in [0.25, 0.3) is 27.6 Å². The molecule has 0 spiro atoms. The molecule has 0 saturated heterocycles. The van der Waals surface area contributed by atoms with Crippen molar-refractivity contribution in [2.45, 2.75) is 34.1 Å². The number of anilines is 1. The van der Waals surface area contributed by atoms with Gasteiger partial charge in [0.15, 0.2) is 17.5 Å². The molecule has 0 aliphatic rings. The van der Waals surface area contributed by atoms with E-state index >= 15 is 0 Å². The molecule has 0 atom stereocenters. The lowest BCUT2D eigenvalue weighted by atomic mass is 9.97.